The summed E-state index contributed by atoms with van der Waals surface area (Å²) in [6, 6.07) is 11.8. The van der Waals surface area contributed by atoms with Crippen LogP contribution in [-0.2, 0) is 14.3 Å². The Morgan fingerprint density at radius 3 is 2.30 bits per heavy atom. The molecule has 0 saturated carbocycles. The van der Waals surface area contributed by atoms with E-state index in [2.05, 4.69) is 20.1 Å². The molecule has 0 aliphatic heterocycles. The van der Waals surface area contributed by atoms with Gasteiger partial charge in [0.2, 0.25) is 0 Å². The van der Waals surface area contributed by atoms with Crippen molar-refractivity contribution in [3.05, 3.63) is 61.7 Å². The van der Waals surface area contributed by atoms with Gasteiger partial charge in [0.1, 0.15) is 18.1 Å². The van der Waals surface area contributed by atoms with Gasteiger partial charge < -0.3 is 18.9 Å². The van der Waals surface area contributed by atoms with Crippen LogP contribution in [0.5, 0.6) is 11.5 Å². The Morgan fingerprint density at radius 1 is 0.967 bits per heavy atom. The van der Waals surface area contributed by atoms with Crippen LogP contribution in [0, 0.1) is 0 Å². The molecule has 0 fully saturated rings. The lowest BCUT2D eigenvalue weighted by molar-refractivity contribution is -0.147. The maximum Gasteiger partial charge on any atom is 0.330 e. The molecule has 0 spiro atoms. The summed E-state index contributed by atoms with van der Waals surface area (Å²) in [5.74, 6) is 1.04. The zero-order valence-electron chi connectivity index (χ0n) is 17.8. The predicted octanol–water partition coefficient (Wildman–Crippen LogP) is 5.48. The Morgan fingerprint density at radius 2 is 1.67 bits per heavy atom. The molecule has 2 aromatic carbocycles. The van der Waals surface area contributed by atoms with Crippen molar-refractivity contribution in [3.63, 3.8) is 0 Å². The second-order valence-electron chi connectivity index (χ2n) is 6.92. The Labute approximate surface area is 179 Å². The summed E-state index contributed by atoms with van der Waals surface area (Å²) in [5, 5.41) is 1.94. The van der Waals surface area contributed by atoms with Crippen molar-refractivity contribution in [2.75, 3.05) is 26.4 Å². The first-order valence-corrected chi connectivity index (χ1v) is 10.5. The number of ether oxygens (including phenoxy) is 4. The summed E-state index contributed by atoms with van der Waals surface area (Å²) in [6.45, 7) is 10.7. The Hall–Kier alpha value is -2.79. The van der Waals surface area contributed by atoms with Crippen LogP contribution in [0.4, 0.5) is 0 Å². The summed E-state index contributed by atoms with van der Waals surface area (Å²) in [6.07, 6.45) is 6.87. The van der Waals surface area contributed by atoms with E-state index in [9.17, 15) is 4.79 Å². The normalized spacial score (nSPS) is 11.6. The average molecular weight is 413 g/mol. The van der Waals surface area contributed by atoms with Crippen LogP contribution in [0.3, 0.4) is 0 Å². The number of rotatable bonds is 15. The molecule has 0 amide bonds. The molecule has 0 N–H and O–H groups in total. The lowest BCUT2D eigenvalue weighted by atomic mass is 10.1. The Bertz CT molecular complexity index is 814. The van der Waals surface area contributed by atoms with Gasteiger partial charge in [-0.15, -0.1) is 6.58 Å². The average Bonchev–Trinajstić information content (AvgIpc) is 2.77. The van der Waals surface area contributed by atoms with E-state index in [1.165, 1.54) is 19.3 Å². The molecule has 0 aromatic heterocycles. The van der Waals surface area contributed by atoms with Crippen molar-refractivity contribution in [3.8, 4) is 11.5 Å². The second kappa shape index (κ2) is 13.4. The van der Waals surface area contributed by atoms with Gasteiger partial charge >= 0.3 is 5.97 Å². The van der Waals surface area contributed by atoms with Crippen LogP contribution in [0.1, 0.15) is 32.6 Å². The number of unbranched alkanes of at least 4 members (excludes halogenated alkanes) is 3. The van der Waals surface area contributed by atoms with E-state index in [-0.39, 0.29) is 13.2 Å². The highest BCUT2D eigenvalue weighted by molar-refractivity contribution is 5.93. The van der Waals surface area contributed by atoms with E-state index < -0.39 is 12.1 Å². The minimum Gasteiger partial charge on any atom is -0.493 e. The fraction of sp³-hybridized carbons (Fsp3) is 0.400. The molecular formula is C25H32O5. The third-order valence-corrected chi connectivity index (χ3v) is 4.51. The lowest BCUT2D eigenvalue weighted by Gasteiger charge is -2.19. The monoisotopic (exact) mass is 412 g/mol. The van der Waals surface area contributed by atoms with Gasteiger partial charge in [0.05, 0.1) is 19.8 Å². The Balaban J connectivity index is 2.07. The summed E-state index contributed by atoms with van der Waals surface area (Å²) in [4.78, 5) is 11.6. The molecule has 2 aromatic rings. The van der Waals surface area contributed by atoms with Gasteiger partial charge in [-0.1, -0.05) is 63.1 Å². The van der Waals surface area contributed by atoms with Crippen molar-refractivity contribution >= 4 is 16.7 Å². The molecule has 5 heteroatoms. The highest BCUT2D eigenvalue weighted by Gasteiger charge is 2.16. The highest BCUT2D eigenvalue weighted by atomic mass is 16.6. The number of hydrogen-bond acceptors (Lipinski definition) is 5. The SMILES string of the molecule is C=CCOCC(COc1ccc(OCCCCCC)c2ccccc12)OC(=O)C=C. The minimum absolute atomic E-state index is 0.165. The first-order chi connectivity index (χ1) is 14.7. The fourth-order valence-corrected chi connectivity index (χ4v) is 3.00. The van der Waals surface area contributed by atoms with Gasteiger partial charge in [-0.05, 0) is 18.6 Å². The fourth-order valence-electron chi connectivity index (χ4n) is 3.00. The first kappa shape index (κ1) is 23.5. The summed E-state index contributed by atoms with van der Waals surface area (Å²) in [5.41, 5.74) is 0. The topological polar surface area (TPSA) is 54.0 Å². The largest absolute Gasteiger partial charge is 0.493 e. The summed E-state index contributed by atoms with van der Waals surface area (Å²) < 4.78 is 22.8. The van der Waals surface area contributed by atoms with Gasteiger partial charge in [0.25, 0.3) is 0 Å². The van der Waals surface area contributed by atoms with Gasteiger partial charge in [-0.3, -0.25) is 0 Å². The molecule has 30 heavy (non-hydrogen) atoms. The Kier molecular flexibility index (Phi) is 10.5. The third kappa shape index (κ3) is 7.56. The van der Waals surface area contributed by atoms with Crippen LogP contribution >= 0.6 is 0 Å². The van der Waals surface area contributed by atoms with Crippen LogP contribution in [-0.4, -0.2) is 38.5 Å². The summed E-state index contributed by atoms with van der Waals surface area (Å²) >= 11 is 0. The van der Waals surface area contributed by atoms with E-state index in [0.29, 0.717) is 19.0 Å². The predicted molar refractivity (Wildman–Crippen MR) is 120 cm³/mol. The van der Waals surface area contributed by atoms with Crippen molar-refractivity contribution < 1.29 is 23.7 Å². The molecule has 0 aliphatic rings. The lowest BCUT2D eigenvalue weighted by Crippen LogP contribution is -2.29. The van der Waals surface area contributed by atoms with Crippen LogP contribution < -0.4 is 9.47 Å². The standard InChI is InChI=1S/C25H32O5/c1-4-7-8-11-17-28-23-14-15-24(22-13-10-9-12-21(22)23)29-19-20(18-27-16-5-2)30-25(26)6-3/h5-6,9-10,12-15,20H,2-4,7-8,11,16-19H2,1H3. The minimum atomic E-state index is -0.552. The maximum absolute atomic E-state index is 11.6. The van der Waals surface area contributed by atoms with Crippen LogP contribution in [0.2, 0.25) is 0 Å². The molecule has 1 unspecified atom stereocenters. The van der Waals surface area contributed by atoms with E-state index in [0.717, 1.165) is 29.0 Å². The molecule has 0 bridgehead atoms. The molecule has 5 nitrogen and oxygen atoms in total. The number of carbonyl (C=O) groups is 1. The smallest absolute Gasteiger partial charge is 0.330 e. The van der Waals surface area contributed by atoms with Gasteiger partial charge in [-0.2, -0.15) is 0 Å². The number of carbonyl (C=O) groups excluding carboxylic acids is 1. The van der Waals surface area contributed by atoms with E-state index >= 15 is 0 Å². The zero-order valence-corrected chi connectivity index (χ0v) is 17.8. The summed E-state index contributed by atoms with van der Waals surface area (Å²) in [7, 11) is 0. The quantitative estimate of drug-likeness (QED) is 0.168. The van der Waals surface area contributed by atoms with Crippen molar-refractivity contribution in [1.82, 2.24) is 0 Å². The van der Waals surface area contributed by atoms with Gasteiger partial charge in [0, 0.05) is 16.8 Å². The van der Waals surface area contributed by atoms with E-state index in [1.54, 1.807) is 6.08 Å². The van der Waals surface area contributed by atoms with E-state index in [1.807, 2.05) is 36.4 Å². The molecule has 162 valence electrons. The third-order valence-electron chi connectivity index (χ3n) is 4.51. The molecule has 0 aliphatic carbocycles. The second-order valence-corrected chi connectivity index (χ2v) is 6.92. The highest BCUT2D eigenvalue weighted by Crippen LogP contribution is 2.33. The van der Waals surface area contributed by atoms with Crippen molar-refractivity contribution in [1.29, 1.82) is 0 Å². The van der Waals surface area contributed by atoms with Crippen molar-refractivity contribution in [2.24, 2.45) is 0 Å². The number of esters is 1. The zero-order chi connectivity index (χ0) is 21.6. The molecule has 1 atom stereocenters. The van der Waals surface area contributed by atoms with Crippen LogP contribution in [0.25, 0.3) is 10.8 Å². The molecule has 0 heterocycles. The van der Waals surface area contributed by atoms with Crippen LogP contribution in [0.15, 0.2) is 61.7 Å². The molecule has 0 radical (unpaired) electrons. The van der Waals surface area contributed by atoms with Crippen molar-refractivity contribution in [2.45, 2.75) is 38.7 Å². The molecule has 2 rings (SSSR count). The molecule has 0 saturated heterocycles. The number of fused-ring (bicyclic) bond motifs is 1. The maximum atomic E-state index is 11.6. The molecular weight excluding hydrogens is 380 g/mol. The first-order valence-electron chi connectivity index (χ1n) is 10.5. The number of hydrogen-bond donors (Lipinski definition) is 0. The van der Waals surface area contributed by atoms with E-state index in [4.69, 9.17) is 18.9 Å². The van der Waals surface area contributed by atoms with Gasteiger partial charge in [0.15, 0.2) is 6.10 Å². The van der Waals surface area contributed by atoms with Gasteiger partial charge in [-0.25, -0.2) is 4.79 Å². The number of benzene rings is 2.